The molecular formula is C13H19N3O. The van der Waals surface area contributed by atoms with Gasteiger partial charge in [0.15, 0.2) is 0 Å². The zero-order valence-corrected chi connectivity index (χ0v) is 10.2. The van der Waals surface area contributed by atoms with Crippen LogP contribution in [0.15, 0.2) is 12.1 Å². The van der Waals surface area contributed by atoms with Crippen molar-refractivity contribution in [2.45, 2.75) is 38.5 Å². The van der Waals surface area contributed by atoms with Crippen molar-refractivity contribution < 1.29 is 4.74 Å². The second-order valence-electron chi connectivity index (χ2n) is 4.98. The summed E-state index contributed by atoms with van der Waals surface area (Å²) >= 11 is 0. The maximum atomic E-state index is 5.83. The van der Waals surface area contributed by atoms with E-state index >= 15 is 0 Å². The summed E-state index contributed by atoms with van der Waals surface area (Å²) in [5.74, 6) is 1.07. The highest BCUT2D eigenvalue weighted by Gasteiger charge is 2.34. The third kappa shape index (κ3) is 2.03. The Kier molecular flexibility index (Phi) is 2.76. The molecule has 3 rings (SSSR count). The van der Waals surface area contributed by atoms with Crippen LogP contribution in [0.2, 0.25) is 0 Å². The average molecular weight is 233 g/mol. The molecule has 1 aromatic heterocycles. The van der Waals surface area contributed by atoms with Crippen LogP contribution in [0.4, 0.5) is 5.82 Å². The first kappa shape index (κ1) is 11.0. The van der Waals surface area contributed by atoms with Crippen molar-refractivity contribution in [2.24, 2.45) is 5.73 Å². The highest BCUT2D eigenvalue weighted by atomic mass is 16.5. The number of hydrogen-bond donors (Lipinski definition) is 1. The van der Waals surface area contributed by atoms with Gasteiger partial charge in [0.05, 0.1) is 12.2 Å². The van der Waals surface area contributed by atoms with Crippen molar-refractivity contribution in [1.29, 1.82) is 0 Å². The zero-order valence-electron chi connectivity index (χ0n) is 10.2. The van der Waals surface area contributed by atoms with Crippen LogP contribution in [0, 0.1) is 6.92 Å². The lowest BCUT2D eigenvalue weighted by Crippen LogP contribution is -2.43. The van der Waals surface area contributed by atoms with Crippen molar-refractivity contribution in [3.05, 3.63) is 23.4 Å². The van der Waals surface area contributed by atoms with Crippen LogP contribution in [0.3, 0.4) is 0 Å². The number of ether oxygens (including phenoxy) is 1. The van der Waals surface area contributed by atoms with Gasteiger partial charge in [0.2, 0.25) is 0 Å². The highest BCUT2D eigenvalue weighted by Crippen LogP contribution is 2.29. The maximum Gasteiger partial charge on any atom is 0.128 e. The van der Waals surface area contributed by atoms with Gasteiger partial charge in [-0.25, -0.2) is 4.98 Å². The Hall–Kier alpha value is -1.13. The Labute approximate surface area is 102 Å². The predicted molar refractivity (Wildman–Crippen MR) is 67.0 cm³/mol. The van der Waals surface area contributed by atoms with E-state index in [0.29, 0.717) is 18.8 Å². The first-order valence-electron chi connectivity index (χ1n) is 6.33. The van der Waals surface area contributed by atoms with Crippen LogP contribution < -0.4 is 10.6 Å². The summed E-state index contributed by atoms with van der Waals surface area (Å²) < 4.78 is 5.83. The van der Waals surface area contributed by atoms with Gasteiger partial charge < -0.3 is 15.4 Å². The van der Waals surface area contributed by atoms with Crippen LogP contribution in [0.5, 0.6) is 0 Å². The van der Waals surface area contributed by atoms with Gasteiger partial charge in [-0.1, -0.05) is 6.07 Å². The van der Waals surface area contributed by atoms with E-state index in [-0.39, 0.29) is 0 Å². The van der Waals surface area contributed by atoms with Crippen molar-refractivity contribution in [3.63, 3.8) is 0 Å². The number of rotatable bonds is 2. The van der Waals surface area contributed by atoms with Gasteiger partial charge >= 0.3 is 0 Å². The number of anilines is 1. The van der Waals surface area contributed by atoms with Crippen LogP contribution >= 0.6 is 0 Å². The first-order chi connectivity index (χ1) is 8.26. The average Bonchev–Trinajstić information content (AvgIpc) is 2.68. The van der Waals surface area contributed by atoms with Crippen molar-refractivity contribution in [3.8, 4) is 0 Å². The Bertz CT molecular complexity index is 409. The SMILES string of the molecule is Cc1nc(N2CC3CCC(C2)O3)ccc1CN. The number of aromatic nitrogens is 1. The summed E-state index contributed by atoms with van der Waals surface area (Å²) in [6.07, 6.45) is 3.21. The highest BCUT2D eigenvalue weighted by molar-refractivity contribution is 5.42. The number of morpholine rings is 1. The van der Waals surface area contributed by atoms with E-state index in [4.69, 9.17) is 10.5 Å². The molecule has 0 amide bonds. The summed E-state index contributed by atoms with van der Waals surface area (Å²) in [6.45, 7) is 4.55. The third-order valence-corrected chi connectivity index (χ3v) is 3.77. The smallest absolute Gasteiger partial charge is 0.128 e. The molecular weight excluding hydrogens is 214 g/mol. The fraction of sp³-hybridized carbons (Fsp3) is 0.615. The molecule has 92 valence electrons. The van der Waals surface area contributed by atoms with E-state index in [1.165, 1.54) is 12.8 Å². The summed E-state index contributed by atoms with van der Waals surface area (Å²) in [6, 6.07) is 4.18. The molecule has 4 heteroatoms. The van der Waals surface area contributed by atoms with E-state index in [2.05, 4.69) is 22.0 Å². The van der Waals surface area contributed by atoms with Gasteiger partial charge in [-0.3, -0.25) is 0 Å². The van der Waals surface area contributed by atoms with Gasteiger partial charge in [0.1, 0.15) is 5.82 Å². The van der Waals surface area contributed by atoms with Crippen molar-refractivity contribution in [1.82, 2.24) is 4.98 Å². The lowest BCUT2D eigenvalue weighted by Gasteiger charge is -2.33. The molecule has 4 nitrogen and oxygen atoms in total. The molecule has 2 aliphatic heterocycles. The molecule has 2 atom stereocenters. The van der Waals surface area contributed by atoms with E-state index < -0.39 is 0 Å². The quantitative estimate of drug-likeness (QED) is 0.834. The van der Waals surface area contributed by atoms with E-state index in [0.717, 1.165) is 30.2 Å². The molecule has 1 aromatic rings. The van der Waals surface area contributed by atoms with E-state index in [1.54, 1.807) is 0 Å². The lowest BCUT2D eigenvalue weighted by atomic mass is 10.2. The van der Waals surface area contributed by atoms with Gasteiger partial charge in [0.25, 0.3) is 0 Å². The van der Waals surface area contributed by atoms with Crippen molar-refractivity contribution in [2.75, 3.05) is 18.0 Å². The Morgan fingerprint density at radius 3 is 2.65 bits per heavy atom. The maximum absolute atomic E-state index is 5.83. The number of nitrogens with zero attached hydrogens (tertiary/aromatic N) is 2. The molecule has 2 N–H and O–H groups in total. The van der Waals surface area contributed by atoms with E-state index in [9.17, 15) is 0 Å². The summed E-state index contributed by atoms with van der Waals surface area (Å²) in [5, 5.41) is 0. The molecule has 17 heavy (non-hydrogen) atoms. The number of nitrogens with two attached hydrogens (primary N) is 1. The van der Waals surface area contributed by atoms with Gasteiger partial charge in [-0.15, -0.1) is 0 Å². The molecule has 2 fully saturated rings. The first-order valence-corrected chi connectivity index (χ1v) is 6.33. The standard InChI is InChI=1S/C13H19N3O/c1-9-10(6-14)2-5-13(15-9)16-7-11-3-4-12(8-16)17-11/h2,5,11-12H,3-4,6-8,14H2,1H3. The molecule has 2 unspecified atom stereocenters. The number of hydrogen-bond acceptors (Lipinski definition) is 4. The molecule has 2 saturated heterocycles. The largest absolute Gasteiger partial charge is 0.371 e. The minimum absolute atomic E-state index is 0.407. The summed E-state index contributed by atoms with van der Waals surface area (Å²) in [7, 11) is 0. The fourth-order valence-corrected chi connectivity index (χ4v) is 2.77. The topological polar surface area (TPSA) is 51.4 Å². The Morgan fingerprint density at radius 1 is 1.35 bits per heavy atom. The molecule has 0 saturated carbocycles. The monoisotopic (exact) mass is 233 g/mol. The molecule has 0 radical (unpaired) electrons. The van der Waals surface area contributed by atoms with Crippen molar-refractivity contribution >= 4 is 5.82 Å². The van der Waals surface area contributed by atoms with Crippen LogP contribution in [-0.4, -0.2) is 30.3 Å². The van der Waals surface area contributed by atoms with Gasteiger partial charge in [0, 0.05) is 25.3 Å². The number of fused-ring (bicyclic) bond motifs is 2. The molecule has 3 heterocycles. The lowest BCUT2D eigenvalue weighted by molar-refractivity contribution is 0.0302. The van der Waals surface area contributed by atoms with Crippen LogP contribution in [-0.2, 0) is 11.3 Å². The van der Waals surface area contributed by atoms with Gasteiger partial charge in [-0.05, 0) is 31.4 Å². The Morgan fingerprint density at radius 2 is 2.06 bits per heavy atom. The zero-order chi connectivity index (χ0) is 11.8. The third-order valence-electron chi connectivity index (χ3n) is 3.77. The summed E-state index contributed by atoms with van der Waals surface area (Å²) in [4.78, 5) is 7.00. The Balaban J connectivity index is 1.82. The fourth-order valence-electron chi connectivity index (χ4n) is 2.77. The summed E-state index contributed by atoms with van der Waals surface area (Å²) in [5.41, 5.74) is 7.83. The number of pyridine rings is 1. The van der Waals surface area contributed by atoms with Crippen LogP contribution in [0.25, 0.3) is 0 Å². The molecule has 2 aliphatic rings. The molecule has 0 aliphatic carbocycles. The van der Waals surface area contributed by atoms with Gasteiger partial charge in [-0.2, -0.15) is 0 Å². The van der Waals surface area contributed by atoms with E-state index in [1.807, 2.05) is 6.92 Å². The molecule has 0 spiro atoms. The normalized spacial score (nSPS) is 27.5. The van der Waals surface area contributed by atoms with Crippen LogP contribution in [0.1, 0.15) is 24.1 Å². The second-order valence-corrected chi connectivity index (χ2v) is 4.98. The minimum Gasteiger partial charge on any atom is -0.371 e. The minimum atomic E-state index is 0.407. The second kappa shape index (κ2) is 4.27. The molecule has 2 bridgehead atoms. The molecule has 0 aromatic carbocycles. The number of aryl methyl sites for hydroxylation is 1. The predicted octanol–water partition coefficient (Wildman–Crippen LogP) is 1.22.